The molecule has 2 rings (SSSR count). The molecule has 0 fully saturated rings. The number of allylic oxidation sites excluding steroid dienone is 2. The molecule has 4 nitrogen and oxygen atoms in total. The van der Waals surface area contributed by atoms with Crippen LogP contribution in [0.5, 0.6) is 0 Å². The van der Waals surface area contributed by atoms with Crippen molar-refractivity contribution in [2.75, 3.05) is 0 Å². The molecule has 0 saturated heterocycles. The Morgan fingerprint density at radius 3 is 2.61 bits per heavy atom. The maximum atomic E-state index is 12.3. The van der Waals surface area contributed by atoms with Crippen molar-refractivity contribution in [1.82, 2.24) is 5.32 Å². The van der Waals surface area contributed by atoms with E-state index in [9.17, 15) is 4.79 Å². The van der Waals surface area contributed by atoms with Gasteiger partial charge < -0.3 is 11.1 Å². The summed E-state index contributed by atoms with van der Waals surface area (Å²) < 4.78 is 0. The zero-order valence-electron chi connectivity index (χ0n) is 13.8. The Hall–Kier alpha value is -2.62. The maximum Gasteiger partial charge on any atom is 0.251 e. The van der Waals surface area contributed by atoms with Crippen LogP contribution in [0.2, 0.25) is 0 Å². The first-order valence-electron chi connectivity index (χ1n) is 7.72. The number of aliphatic imine (C=N–C) groups is 1. The van der Waals surface area contributed by atoms with Crippen molar-refractivity contribution in [3.8, 4) is 0 Å². The second-order valence-electron chi connectivity index (χ2n) is 5.75. The Bertz CT molecular complexity index is 758. The predicted octanol–water partition coefficient (Wildman–Crippen LogP) is 3.63. The van der Waals surface area contributed by atoms with E-state index in [1.54, 1.807) is 6.21 Å². The van der Waals surface area contributed by atoms with Gasteiger partial charge in [0.15, 0.2) is 0 Å². The summed E-state index contributed by atoms with van der Waals surface area (Å²) in [5.41, 5.74) is 7.83. The van der Waals surface area contributed by atoms with Crippen LogP contribution in [0.15, 0.2) is 58.9 Å². The van der Waals surface area contributed by atoms with Crippen molar-refractivity contribution < 1.29 is 4.79 Å². The smallest absolute Gasteiger partial charge is 0.251 e. The van der Waals surface area contributed by atoms with Crippen LogP contribution in [0.1, 0.15) is 37.6 Å². The van der Waals surface area contributed by atoms with Crippen LogP contribution in [0.4, 0.5) is 0 Å². The van der Waals surface area contributed by atoms with Gasteiger partial charge >= 0.3 is 0 Å². The molecular weight excluding hydrogens is 286 g/mol. The zero-order chi connectivity index (χ0) is 16.8. The van der Waals surface area contributed by atoms with Crippen molar-refractivity contribution in [2.24, 2.45) is 10.7 Å². The second-order valence-corrected chi connectivity index (χ2v) is 5.75. The van der Waals surface area contributed by atoms with Gasteiger partial charge in [0.1, 0.15) is 0 Å². The third-order valence-corrected chi connectivity index (χ3v) is 3.70. The normalized spacial score (nSPS) is 13.9. The Morgan fingerprint density at radius 1 is 1.22 bits per heavy atom. The first kappa shape index (κ1) is 16.7. The van der Waals surface area contributed by atoms with Crippen LogP contribution in [0, 0.1) is 0 Å². The highest BCUT2D eigenvalue weighted by Gasteiger charge is 2.09. The Morgan fingerprint density at radius 2 is 1.91 bits per heavy atom. The predicted molar refractivity (Wildman–Crippen MR) is 96.5 cm³/mol. The molecule has 0 aliphatic carbocycles. The van der Waals surface area contributed by atoms with Crippen molar-refractivity contribution in [3.05, 3.63) is 59.4 Å². The summed E-state index contributed by atoms with van der Waals surface area (Å²) in [6.45, 7) is 5.64. The van der Waals surface area contributed by atoms with Crippen LogP contribution in [0.3, 0.4) is 0 Å². The lowest BCUT2D eigenvalue weighted by Gasteiger charge is -2.12. The van der Waals surface area contributed by atoms with E-state index in [1.165, 1.54) is 0 Å². The lowest BCUT2D eigenvalue weighted by Crippen LogP contribution is -2.32. The van der Waals surface area contributed by atoms with E-state index in [0.717, 1.165) is 16.5 Å². The number of nitrogens with zero attached hydrogens (tertiary/aromatic N) is 1. The molecule has 0 radical (unpaired) electrons. The van der Waals surface area contributed by atoms with Gasteiger partial charge in [0.25, 0.3) is 5.91 Å². The Balaban J connectivity index is 1.98. The largest absolute Gasteiger partial charge is 0.401 e. The van der Waals surface area contributed by atoms with E-state index in [2.05, 4.69) is 10.3 Å². The van der Waals surface area contributed by atoms with Gasteiger partial charge in [0.05, 0.1) is 5.70 Å². The van der Waals surface area contributed by atoms with Crippen LogP contribution in [-0.4, -0.2) is 18.2 Å². The van der Waals surface area contributed by atoms with Crippen LogP contribution in [-0.2, 0) is 0 Å². The molecule has 2 aromatic rings. The van der Waals surface area contributed by atoms with Gasteiger partial charge in [-0.15, -0.1) is 0 Å². The monoisotopic (exact) mass is 309 g/mol. The van der Waals surface area contributed by atoms with Gasteiger partial charge in [0.2, 0.25) is 0 Å². The van der Waals surface area contributed by atoms with E-state index in [1.807, 2.05) is 63.2 Å². The molecule has 0 aliphatic heterocycles. The van der Waals surface area contributed by atoms with Crippen molar-refractivity contribution in [2.45, 2.75) is 33.2 Å². The van der Waals surface area contributed by atoms with Gasteiger partial charge in [0, 0.05) is 29.9 Å². The number of nitrogens with one attached hydrogen (secondary N) is 1. The fourth-order valence-electron chi connectivity index (χ4n) is 2.15. The molecule has 0 saturated carbocycles. The highest BCUT2D eigenvalue weighted by atomic mass is 16.1. The molecule has 1 amide bonds. The fraction of sp³-hybridized carbons (Fsp3) is 0.263. The summed E-state index contributed by atoms with van der Waals surface area (Å²) in [5.74, 6) is -0.0704. The molecular formula is C19H23N3O. The number of carbonyl (C=O) groups is 1. The number of rotatable bonds is 5. The number of carbonyl (C=O) groups excluding carboxylic acids is 1. The number of benzene rings is 2. The molecule has 4 heteroatoms. The summed E-state index contributed by atoms with van der Waals surface area (Å²) >= 11 is 0. The third kappa shape index (κ3) is 4.68. The molecule has 1 unspecified atom stereocenters. The van der Waals surface area contributed by atoms with Crippen molar-refractivity contribution in [3.63, 3.8) is 0 Å². The lowest BCUT2D eigenvalue weighted by molar-refractivity contribution is 0.0941. The summed E-state index contributed by atoms with van der Waals surface area (Å²) in [4.78, 5) is 16.6. The average molecular weight is 309 g/mol. The first-order chi connectivity index (χ1) is 11.0. The highest BCUT2D eigenvalue weighted by Crippen LogP contribution is 2.15. The second kappa shape index (κ2) is 7.58. The van der Waals surface area contributed by atoms with E-state index < -0.39 is 0 Å². The van der Waals surface area contributed by atoms with Gasteiger partial charge in [-0.1, -0.05) is 30.3 Å². The minimum atomic E-state index is -0.0704. The van der Waals surface area contributed by atoms with Crippen LogP contribution >= 0.6 is 0 Å². The van der Waals surface area contributed by atoms with Gasteiger partial charge in [-0.3, -0.25) is 9.79 Å². The number of hydrogen-bond acceptors (Lipinski definition) is 3. The van der Waals surface area contributed by atoms with E-state index in [4.69, 9.17) is 5.73 Å². The Labute approximate surface area is 137 Å². The summed E-state index contributed by atoms with van der Waals surface area (Å²) in [7, 11) is 0. The number of nitrogens with two attached hydrogens (primary N) is 1. The van der Waals surface area contributed by atoms with Gasteiger partial charge in [-0.2, -0.15) is 0 Å². The lowest BCUT2D eigenvalue weighted by atomic mass is 10.1. The number of amides is 1. The van der Waals surface area contributed by atoms with Crippen molar-refractivity contribution >= 4 is 22.9 Å². The standard InChI is InChI=1S/C19H23N3O/c1-13(10-11-21-15(3)14(2)20)22-19(23)18-9-8-16-6-4-5-7-17(16)12-18/h4-9,11-13H,10,20H2,1-3H3,(H,22,23)/b15-14-,21-11?. The third-order valence-electron chi connectivity index (χ3n) is 3.70. The molecule has 0 bridgehead atoms. The first-order valence-corrected chi connectivity index (χ1v) is 7.72. The Kier molecular flexibility index (Phi) is 5.52. The maximum absolute atomic E-state index is 12.3. The quantitative estimate of drug-likeness (QED) is 0.828. The SMILES string of the molecule is C/C(N)=C(\C)N=CCC(C)NC(=O)c1ccc2ccccc2c1. The number of fused-ring (bicyclic) bond motifs is 1. The molecule has 120 valence electrons. The molecule has 0 aliphatic rings. The molecule has 0 heterocycles. The van der Waals surface area contributed by atoms with Gasteiger partial charge in [-0.05, 0) is 43.7 Å². The van der Waals surface area contributed by atoms with Crippen molar-refractivity contribution in [1.29, 1.82) is 0 Å². The molecule has 23 heavy (non-hydrogen) atoms. The van der Waals surface area contributed by atoms with E-state index >= 15 is 0 Å². The summed E-state index contributed by atoms with van der Waals surface area (Å²) in [5, 5.41) is 5.18. The minimum absolute atomic E-state index is 0.00333. The molecule has 2 aromatic carbocycles. The van der Waals surface area contributed by atoms with Crippen LogP contribution < -0.4 is 11.1 Å². The summed E-state index contributed by atoms with van der Waals surface area (Å²) in [6.07, 6.45) is 2.45. The summed E-state index contributed by atoms with van der Waals surface area (Å²) in [6, 6.07) is 13.7. The minimum Gasteiger partial charge on any atom is -0.401 e. The molecule has 3 N–H and O–H groups in total. The zero-order valence-corrected chi connectivity index (χ0v) is 13.8. The molecule has 1 atom stereocenters. The number of hydrogen-bond donors (Lipinski definition) is 2. The van der Waals surface area contributed by atoms with Gasteiger partial charge in [-0.25, -0.2) is 0 Å². The molecule has 0 spiro atoms. The fourth-order valence-corrected chi connectivity index (χ4v) is 2.15. The molecule has 0 aromatic heterocycles. The van der Waals surface area contributed by atoms with E-state index in [0.29, 0.717) is 17.7 Å². The highest BCUT2D eigenvalue weighted by molar-refractivity contribution is 5.98. The average Bonchev–Trinajstić information content (AvgIpc) is 2.54. The topological polar surface area (TPSA) is 67.5 Å². The van der Waals surface area contributed by atoms with Crippen LogP contribution in [0.25, 0.3) is 10.8 Å². The van der Waals surface area contributed by atoms with E-state index in [-0.39, 0.29) is 11.9 Å².